The Hall–Kier alpha value is -1.35. The summed E-state index contributed by atoms with van der Waals surface area (Å²) >= 11 is 0. The fourth-order valence-electron chi connectivity index (χ4n) is 2.52. The Balaban J connectivity index is 1.88. The van der Waals surface area contributed by atoms with E-state index in [0.29, 0.717) is 5.92 Å². The molecule has 1 atom stereocenters. The fourth-order valence-corrected chi connectivity index (χ4v) is 2.52. The van der Waals surface area contributed by atoms with E-state index in [2.05, 4.69) is 36.9 Å². The molecular weight excluding hydrogens is 226 g/mol. The van der Waals surface area contributed by atoms with Crippen LogP contribution in [0.15, 0.2) is 18.2 Å². The van der Waals surface area contributed by atoms with E-state index in [1.54, 1.807) is 0 Å². The van der Waals surface area contributed by atoms with E-state index in [1.807, 2.05) is 6.92 Å². The average molecular weight is 247 g/mol. The molecule has 0 spiro atoms. The van der Waals surface area contributed by atoms with Crippen molar-refractivity contribution in [1.82, 2.24) is 4.90 Å². The number of benzene rings is 1. The maximum atomic E-state index is 10.9. The highest BCUT2D eigenvalue weighted by atomic mass is 16.4. The van der Waals surface area contributed by atoms with Gasteiger partial charge in [0.2, 0.25) is 0 Å². The number of rotatable bonds is 4. The zero-order valence-electron chi connectivity index (χ0n) is 11.3. The summed E-state index contributed by atoms with van der Waals surface area (Å²) < 4.78 is 0. The molecule has 3 heteroatoms. The number of carbonyl (C=O) groups is 1. The van der Waals surface area contributed by atoms with E-state index < -0.39 is 5.97 Å². The number of carboxylic acid groups (broad SMARTS) is 1. The molecule has 2 rings (SSSR count). The third kappa shape index (κ3) is 2.72. The highest BCUT2D eigenvalue weighted by Crippen LogP contribution is 2.26. The zero-order chi connectivity index (χ0) is 13.3. The Bertz CT molecular complexity index is 450. The quantitative estimate of drug-likeness (QED) is 0.888. The molecule has 1 aromatic carbocycles. The Morgan fingerprint density at radius 2 is 2.11 bits per heavy atom. The lowest BCUT2D eigenvalue weighted by molar-refractivity contribution is -0.145. The van der Waals surface area contributed by atoms with Crippen molar-refractivity contribution < 1.29 is 9.90 Å². The van der Waals surface area contributed by atoms with Crippen LogP contribution in [0.3, 0.4) is 0 Å². The maximum Gasteiger partial charge on any atom is 0.306 e. The molecular formula is C15H21NO2. The van der Waals surface area contributed by atoms with Gasteiger partial charge in [-0.05, 0) is 30.9 Å². The third-order valence-electron chi connectivity index (χ3n) is 3.97. The fraction of sp³-hybridized carbons (Fsp3) is 0.533. The lowest BCUT2D eigenvalue weighted by atomic mass is 9.86. The molecule has 1 N–H and O–H groups in total. The number of nitrogens with zero attached hydrogens (tertiary/aromatic N) is 1. The summed E-state index contributed by atoms with van der Waals surface area (Å²) in [5.41, 5.74) is 3.96. The smallest absolute Gasteiger partial charge is 0.306 e. The number of aryl methyl sites for hydroxylation is 2. The van der Waals surface area contributed by atoms with Crippen LogP contribution < -0.4 is 0 Å². The van der Waals surface area contributed by atoms with E-state index in [0.717, 1.165) is 19.6 Å². The molecule has 0 radical (unpaired) electrons. The number of hydrogen-bond acceptors (Lipinski definition) is 2. The van der Waals surface area contributed by atoms with Gasteiger partial charge in [-0.3, -0.25) is 9.69 Å². The summed E-state index contributed by atoms with van der Waals surface area (Å²) in [6, 6.07) is 6.52. The maximum absolute atomic E-state index is 10.9. The Morgan fingerprint density at radius 1 is 1.44 bits per heavy atom. The molecule has 0 amide bonds. The van der Waals surface area contributed by atoms with E-state index in [-0.39, 0.29) is 5.92 Å². The molecule has 0 aromatic heterocycles. The van der Waals surface area contributed by atoms with Crippen molar-refractivity contribution in [2.75, 3.05) is 13.1 Å². The summed E-state index contributed by atoms with van der Waals surface area (Å²) in [6.07, 6.45) is 0. The minimum atomic E-state index is -0.675. The minimum absolute atomic E-state index is 0.222. The molecule has 1 aliphatic heterocycles. The first-order valence-corrected chi connectivity index (χ1v) is 6.48. The molecule has 1 saturated heterocycles. The molecule has 98 valence electrons. The average Bonchev–Trinajstić information content (AvgIpc) is 2.24. The minimum Gasteiger partial charge on any atom is -0.481 e. The first kappa shape index (κ1) is 13.1. The van der Waals surface area contributed by atoms with Crippen LogP contribution in [0.2, 0.25) is 0 Å². The summed E-state index contributed by atoms with van der Waals surface area (Å²) in [5, 5.41) is 8.95. The molecule has 1 heterocycles. The lowest BCUT2D eigenvalue weighted by Gasteiger charge is -2.41. The monoisotopic (exact) mass is 247 g/mol. The number of hydrogen-bond donors (Lipinski definition) is 1. The first-order valence-electron chi connectivity index (χ1n) is 6.48. The van der Waals surface area contributed by atoms with Crippen LogP contribution in [0, 0.1) is 25.7 Å². The summed E-state index contributed by atoms with van der Waals surface area (Å²) in [7, 11) is 0. The molecule has 18 heavy (non-hydrogen) atoms. The van der Waals surface area contributed by atoms with Crippen LogP contribution in [0.5, 0.6) is 0 Å². The Morgan fingerprint density at radius 3 is 2.67 bits per heavy atom. The van der Waals surface area contributed by atoms with Crippen LogP contribution in [0.4, 0.5) is 0 Å². The van der Waals surface area contributed by atoms with Gasteiger partial charge in [0.05, 0.1) is 5.92 Å². The SMILES string of the molecule is Cc1ccc(CN2CC(C(C)C(=O)O)C2)c(C)c1. The summed E-state index contributed by atoms with van der Waals surface area (Å²) in [4.78, 5) is 13.2. The Labute approximate surface area is 108 Å². The highest BCUT2D eigenvalue weighted by molar-refractivity contribution is 5.70. The van der Waals surface area contributed by atoms with Crippen molar-refractivity contribution in [2.24, 2.45) is 11.8 Å². The molecule has 1 aliphatic rings. The van der Waals surface area contributed by atoms with Gasteiger partial charge in [-0.2, -0.15) is 0 Å². The Kier molecular flexibility index (Phi) is 3.71. The zero-order valence-corrected chi connectivity index (χ0v) is 11.3. The molecule has 3 nitrogen and oxygen atoms in total. The van der Waals surface area contributed by atoms with Crippen LogP contribution in [0.1, 0.15) is 23.6 Å². The van der Waals surface area contributed by atoms with Gasteiger partial charge in [-0.1, -0.05) is 30.7 Å². The molecule has 0 bridgehead atoms. The van der Waals surface area contributed by atoms with E-state index in [4.69, 9.17) is 5.11 Å². The molecule has 1 fully saturated rings. The van der Waals surface area contributed by atoms with Crippen molar-refractivity contribution in [3.63, 3.8) is 0 Å². The van der Waals surface area contributed by atoms with Gasteiger partial charge in [0, 0.05) is 19.6 Å². The number of likely N-dealkylation sites (tertiary alicyclic amines) is 1. The standard InChI is InChI=1S/C15H21NO2/c1-10-4-5-13(11(2)6-10)7-16-8-14(9-16)12(3)15(17)18/h4-6,12,14H,7-9H2,1-3H3,(H,17,18). The largest absolute Gasteiger partial charge is 0.481 e. The molecule has 1 aromatic rings. The molecule has 0 aliphatic carbocycles. The van der Waals surface area contributed by atoms with E-state index in [1.165, 1.54) is 16.7 Å². The number of carboxylic acids is 1. The second-order valence-electron chi connectivity index (χ2n) is 5.51. The second-order valence-corrected chi connectivity index (χ2v) is 5.51. The lowest BCUT2D eigenvalue weighted by Crippen LogP contribution is -2.50. The summed E-state index contributed by atoms with van der Waals surface area (Å²) in [6.45, 7) is 8.79. The third-order valence-corrected chi connectivity index (χ3v) is 3.97. The van der Waals surface area contributed by atoms with E-state index in [9.17, 15) is 4.79 Å². The predicted molar refractivity (Wildman–Crippen MR) is 71.5 cm³/mol. The van der Waals surface area contributed by atoms with Crippen molar-refractivity contribution in [2.45, 2.75) is 27.3 Å². The van der Waals surface area contributed by atoms with Crippen molar-refractivity contribution in [3.8, 4) is 0 Å². The van der Waals surface area contributed by atoms with Crippen molar-refractivity contribution in [1.29, 1.82) is 0 Å². The number of aliphatic carboxylic acids is 1. The molecule has 1 unspecified atom stereocenters. The van der Waals surface area contributed by atoms with Crippen LogP contribution in [-0.2, 0) is 11.3 Å². The van der Waals surface area contributed by atoms with Crippen LogP contribution in [0.25, 0.3) is 0 Å². The first-order chi connectivity index (χ1) is 8.47. The van der Waals surface area contributed by atoms with Crippen LogP contribution >= 0.6 is 0 Å². The predicted octanol–water partition coefficient (Wildman–Crippen LogP) is 2.46. The second kappa shape index (κ2) is 5.11. The van der Waals surface area contributed by atoms with E-state index >= 15 is 0 Å². The summed E-state index contributed by atoms with van der Waals surface area (Å²) in [5.74, 6) is -0.584. The molecule has 0 saturated carbocycles. The topological polar surface area (TPSA) is 40.5 Å². The van der Waals surface area contributed by atoms with Gasteiger partial charge in [0.15, 0.2) is 0 Å². The van der Waals surface area contributed by atoms with Gasteiger partial charge >= 0.3 is 5.97 Å². The van der Waals surface area contributed by atoms with Crippen molar-refractivity contribution in [3.05, 3.63) is 34.9 Å². The van der Waals surface area contributed by atoms with Gasteiger partial charge in [0.25, 0.3) is 0 Å². The van der Waals surface area contributed by atoms with Crippen LogP contribution in [-0.4, -0.2) is 29.1 Å². The van der Waals surface area contributed by atoms with Gasteiger partial charge in [0.1, 0.15) is 0 Å². The van der Waals surface area contributed by atoms with Gasteiger partial charge < -0.3 is 5.11 Å². The van der Waals surface area contributed by atoms with Gasteiger partial charge in [-0.25, -0.2) is 0 Å². The highest BCUT2D eigenvalue weighted by Gasteiger charge is 2.34. The van der Waals surface area contributed by atoms with Crippen molar-refractivity contribution >= 4 is 5.97 Å². The normalized spacial score (nSPS) is 18.4. The van der Waals surface area contributed by atoms with Gasteiger partial charge in [-0.15, -0.1) is 0 Å².